The maximum absolute atomic E-state index is 12.6. The number of aliphatic carboxylic acids is 1. The molecule has 3 N–H and O–H groups in total. The number of nitrogens with one attached hydrogen (secondary N) is 2. The molecule has 20 heavy (non-hydrogen) atoms. The molecule has 5 heteroatoms. The molecule has 0 spiro atoms. The van der Waals surface area contributed by atoms with Crippen LogP contribution >= 0.6 is 0 Å². The summed E-state index contributed by atoms with van der Waals surface area (Å²) in [5.74, 6) is -0.762. The molecule has 1 saturated carbocycles. The molecular formula is C15H26N2O3. The molecule has 2 rings (SSSR count). The maximum Gasteiger partial charge on any atom is 0.306 e. The summed E-state index contributed by atoms with van der Waals surface area (Å²) in [4.78, 5) is 23.5. The minimum Gasteiger partial charge on any atom is -0.481 e. The average Bonchev–Trinajstić information content (AvgIpc) is 2.48. The van der Waals surface area contributed by atoms with Crippen molar-refractivity contribution in [3.05, 3.63) is 0 Å². The first kappa shape index (κ1) is 15.3. The van der Waals surface area contributed by atoms with E-state index in [2.05, 4.69) is 17.6 Å². The number of carboxylic acids is 1. The summed E-state index contributed by atoms with van der Waals surface area (Å²) >= 11 is 0. The van der Waals surface area contributed by atoms with Crippen LogP contribution in [0.15, 0.2) is 0 Å². The van der Waals surface area contributed by atoms with E-state index in [-0.39, 0.29) is 23.3 Å². The molecule has 0 aromatic rings. The third-order valence-corrected chi connectivity index (χ3v) is 5.04. The molecule has 2 aliphatic rings. The summed E-state index contributed by atoms with van der Waals surface area (Å²) in [5, 5.41) is 15.5. The first-order valence-corrected chi connectivity index (χ1v) is 7.82. The van der Waals surface area contributed by atoms with Gasteiger partial charge in [0.15, 0.2) is 0 Å². The predicted molar refractivity (Wildman–Crippen MR) is 76.4 cm³/mol. The standard InChI is InChI=1S/C15H26N2O3/c1-2-15(8-3-9-16-10-15)14(20)17-12-6-4-11(5-7-12)13(18)19/h11-12,16H,2-10H2,1H3,(H,17,20)(H,18,19). The van der Waals surface area contributed by atoms with Crippen LogP contribution in [0.4, 0.5) is 0 Å². The highest BCUT2D eigenvalue weighted by Crippen LogP contribution is 2.31. The fourth-order valence-corrected chi connectivity index (χ4v) is 3.45. The number of carbonyl (C=O) groups is 2. The van der Waals surface area contributed by atoms with Crippen LogP contribution in [0.1, 0.15) is 51.9 Å². The van der Waals surface area contributed by atoms with Crippen molar-refractivity contribution in [3.63, 3.8) is 0 Å². The SMILES string of the molecule is CCC1(C(=O)NC2CCC(C(=O)O)CC2)CCCNC1. The lowest BCUT2D eigenvalue weighted by molar-refractivity contribution is -0.143. The van der Waals surface area contributed by atoms with Crippen molar-refractivity contribution >= 4 is 11.9 Å². The van der Waals surface area contributed by atoms with Gasteiger partial charge in [-0.1, -0.05) is 6.92 Å². The summed E-state index contributed by atoms with van der Waals surface area (Å²) in [5.41, 5.74) is -0.262. The molecule has 5 nitrogen and oxygen atoms in total. The number of rotatable bonds is 4. The monoisotopic (exact) mass is 282 g/mol. The van der Waals surface area contributed by atoms with Crippen LogP contribution in [0.5, 0.6) is 0 Å². The minimum absolute atomic E-state index is 0.156. The zero-order valence-electron chi connectivity index (χ0n) is 12.3. The van der Waals surface area contributed by atoms with Crippen molar-refractivity contribution in [2.24, 2.45) is 11.3 Å². The smallest absolute Gasteiger partial charge is 0.306 e. The number of piperidine rings is 1. The van der Waals surface area contributed by atoms with Gasteiger partial charge in [0.25, 0.3) is 0 Å². The Hall–Kier alpha value is -1.10. The zero-order chi connectivity index (χ0) is 14.6. The Kier molecular flexibility index (Phi) is 5.02. The van der Waals surface area contributed by atoms with Gasteiger partial charge in [-0.15, -0.1) is 0 Å². The van der Waals surface area contributed by atoms with Gasteiger partial charge in [0.2, 0.25) is 5.91 Å². The minimum atomic E-state index is -0.698. The Bertz CT molecular complexity index is 356. The van der Waals surface area contributed by atoms with E-state index in [0.717, 1.165) is 45.2 Å². The number of amides is 1. The molecule has 114 valence electrons. The van der Waals surface area contributed by atoms with Crippen LogP contribution in [0.3, 0.4) is 0 Å². The van der Waals surface area contributed by atoms with Gasteiger partial charge in [-0.2, -0.15) is 0 Å². The molecule has 1 atom stereocenters. The fraction of sp³-hybridized carbons (Fsp3) is 0.867. The molecule has 1 saturated heterocycles. The van der Waals surface area contributed by atoms with E-state index in [1.54, 1.807) is 0 Å². The quantitative estimate of drug-likeness (QED) is 0.730. The lowest BCUT2D eigenvalue weighted by Crippen LogP contribution is -2.53. The topological polar surface area (TPSA) is 78.4 Å². The van der Waals surface area contributed by atoms with Crippen LogP contribution in [-0.4, -0.2) is 36.1 Å². The van der Waals surface area contributed by atoms with E-state index in [0.29, 0.717) is 12.8 Å². The normalized spacial score (nSPS) is 34.5. The predicted octanol–water partition coefficient (Wildman–Crippen LogP) is 1.53. The number of carboxylic acid groups (broad SMARTS) is 1. The first-order valence-electron chi connectivity index (χ1n) is 7.82. The summed E-state index contributed by atoms with van der Waals surface area (Å²) in [7, 11) is 0. The highest BCUT2D eigenvalue weighted by Gasteiger charge is 2.39. The van der Waals surface area contributed by atoms with Crippen LogP contribution < -0.4 is 10.6 Å². The Morgan fingerprint density at radius 3 is 2.50 bits per heavy atom. The van der Waals surface area contributed by atoms with Gasteiger partial charge in [-0.05, 0) is 51.5 Å². The van der Waals surface area contributed by atoms with Crippen LogP contribution in [0.25, 0.3) is 0 Å². The van der Waals surface area contributed by atoms with Gasteiger partial charge in [0.05, 0.1) is 11.3 Å². The zero-order valence-corrected chi connectivity index (χ0v) is 12.3. The molecule has 1 heterocycles. The Morgan fingerprint density at radius 2 is 2.00 bits per heavy atom. The van der Waals surface area contributed by atoms with Crippen molar-refractivity contribution in [2.45, 2.75) is 57.9 Å². The molecule has 1 unspecified atom stereocenters. The average molecular weight is 282 g/mol. The van der Waals surface area contributed by atoms with E-state index in [1.165, 1.54) is 0 Å². The molecule has 1 aliphatic heterocycles. The van der Waals surface area contributed by atoms with E-state index >= 15 is 0 Å². The van der Waals surface area contributed by atoms with Crippen molar-refractivity contribution in [2.75, 3.05) is 13.1 Å². The van der Waals surface area contributed by atoms with Crippen molar-refractivity contribution in [1.82, 2.24) is 10.6 Å². The fourth-order valence-electron chi connectivity index (χ4n) is 3.45. The lowest BCUT2D eigenvalue weighted by atomic mass is 9.77. The molecule has 0 bridgehead atoms. The Morgan fingerprint density at radius 1 is 1.30 bits per heavy atom. The molecule has 0 aromatic heterocycles. The van der Waals surface area contributed by atoms with Gasteiger partial charge < -0.3 is 15.7 Å². The van der Waals surface area contributed by atoms with Gasteiger partial charge in [0, 0.05) is 12.6 Å². The van der Waals surface area contributed by atoms with Gasteiger partial charge in [0.1, 0.15) is 0 Å². The van der Waals surface area contributed by atoms with Crippen molar-refractivity contribution < 1.29 is 14.7 Å². The van der Waals surface area contributed by atoms with E-state index in [9.17, 15) is 9.59 Å². The van der Waals surface area contributed by atoms with Crippen LogP contribution in [-0.2, 0) is 9.59 Å². The molecule has 1 aliphatic carbocycles. The number of hydrogen-bond acceptors (Lipinski definition) is 3. The number of hydrogen-bond donors (Lipinski definition) is 3. The molecule has 1 amide bonds. The Labute approximate surface area is 120 Å². The third-order valence-electron chi connectivity index (χ3n) is 5.04. The first-order chi connectivity index (χ1) is 9.57. The second-order valence-corrected chi connectivity index (χ2v) is 6.27. The summed E-state index contributed by atoms with van der Waals surface area (Å²) in [6.07, 6.45) is 5.79. The Balaban J connectivity index is 1.86. The highest BCUT2D eigenvalue weighted by molar-refractivity contribution is 5.83. The summed E-state index contributed by atoms with van der Waals surface area (Å²) in [6, 6.07) is 0.156. The maximum atomic E-state index is 12.6. The van der Waals surface area contributed by atoms with Crippen LogP contribution in [0.2, 0.25) is 0 Å². The highest BCUT2D eigenvalue weighted by atomic mass is 16.4. The van der Waals surface area contributed by atoms with Gasteiger partial charge in [-0.3, -0.25) is 9.59 Å². The molecule has 2 fully saturated rings. The lowest BCUT2D eigenvalue weighted by Gasteiger charge is -2.37. The second-order valence-electron chi connectivity index (χ2n) is 6.27. The second kappa shape index (κ2) is 6.57. The van der Waals surface area contributed by atoms with E-state index in [1.807, 2.05) is 0 Å². The number of carbonyl (C=O) groups excluding carboxylic acids is 1. The third kappa shape index (κ3) is 3.32. The van der Waals surface area contributed by atoms with Crippen LogP contribution in [0, 0.1) is 11.3 Å². The molecular weight excluding hydrogens is 256 g/mol. The van der Waals surface area contributed by atoms with Gasteiger partial charge in [-0.25, -0.2) is 0 Å². The van der Waals surface area contributed by atoms with E-state index < -0.39 is 5.97 Å². The van der Waals surface area contributed by atoms with Gasteiger partial charge >= 0.3 is 5.97 Å². The largest absolute Gasteiger partial charge is 0.481 e. The summed E-state index contributed by atoms with van der Waals surface area (Å²) in [6.45, 7) is 3.84. The van der Waals surface area contributed by atoms with Crippen molar-refractivity contribution in [3.8, 4) is 0 Å². The summed E-state index contributed by atoms with van der Waals surface area (Å²) < 4.78 is 0. The molecule has 0 radical (unpaired) electrons. The molecule has 0 aromatic carbocycles. The van der Waals surface area contributed by atoms with Crippen molar-refractivity contribution in [1.29, 1.82) is 0 Å². The van der Waals surface area contributed by atoms with E-state index in [4.69, 9.17) is 5.11 Å².